The molecule has 1 amide bonds. The van der Waals surface area contributed by atoms with E-state index >= 15 is 0 Å². The van der Waals surface area contributed by atoms with Gasteiger partial charge in [0.05, 0.1) is 27.9 Å². The minimum absolute atomic E-state index is 0.193. The molecule has 2 aliphatic rings. The van der Waals surface area contributed by atoms with Gasteiger partial charge in [0.2, 0.25) is 5.91 Å². The number of ether oxygens (including phenoxy) is 3. The van der Waals surface area contributed by atoms with Crippen molar-refractivity contribution in [3.05, 3.63) is 47.5 Å². The molecule has 0 N–H and O–H groups in total. The van der Waals surface area contributed by atoms with Gasteiger partial charge in [0, 0.05) is 45.0 Å². The standard InChI is InChI=1S/C24H31N3O4/c1-29-21-6-4-20(5-7-21)26-12-10-25(11-13-26)17-24(28)27-9-8-18-14-22(30-2)23(31-3)15-19(18)16-27/h4-7,14-15H,8-13,16-17H2,1-3H3. The number of carbonyl (C=O) groups excluding carboxylic acids is 1. The van der Waals surface area contributed by atoms with E-state index in [0.717, 1.165) is 56.2 Å². The number of hydrogen-bond donors (Lipinski definition) is 0. The largest absolute Gasteiger partial charge is 0.497 e. The van der Waals surface area contributed by atoms with Gasteiger partial charge in [-0.2, -0.15) is 0 Å². The lowest BCUT2D eigenvalue weighted by Crippen LogP contribution is -2.50. The molecule has 2 aromatic carbocycles. The maximum Gasteiger partial charge on any atom is 0.237 e. The Morgan fingerprint density at radius 1 is 0.839 bits per heavy atom. The molecule has 7 heteroatoms. The fourth-order valence-electron chi connectivity index (χ4n) is 4.34. The van der Waals surface area contributed by atoms with Crippen LogP contribution >= 0.6 is 0 Å². The first-order valence-electron chi connectivity index (χ1n) is 10.7. The van der Waals surface area contributed by atoms with Crippen LogP contribution in [0.5, 0.6) is 17.2 Å². The molecule has 2 aliphatic heterocycles. The number of carbonyl (C=O) groups is 1. The smallest absolute Gasteiger partial charge is 0.237 e. The van der Waals surface area contributed by atoms with E-state index < -0.39 is 0 Å². The number of piperazine rings is 1. The first kappa shape index (κ1) is 21.3. The SMILES string of the molecule is COc1ccc(N2CCN(CC(=O)N3CCc4cc(OC)c(OC)cc4C3)CC2)cc1. The lowest BCUT2D eigenvalue weighted by atomic mass is 9.98. The number of benzene rings is 2. The molecule has 2 aromatic rings. The van der Waals surface area contributed by atoms with Gasteiger partial charge in [0.15, 0.2) is 11.5 Å². The average molecular weight is 426 g/mol. The Hall–Kier alpha value is -2.93. The van der Waals surface area contributed by atoms with E-state index in [1.807, 2.05) is 29.2 Å². The lowest BCUT2D eigenvalue weighted by Gasteiger charge is -2.37. The van der Waals surface area contributed by atoms with Crippen LogP contribution in [0.15, 0.2) is 36.4 Å². The Bertz CT molecular complexity index is 908. The van der Waals surface area contributed by atoms with Crippen molar-refractivity contribution in [1.29, 1.82) is 0 Å². The molecule has 0 bridgehead atoms. The number of amides is 1. The third-order valence-electron chi connectivity index (χ3n) is 6.24. The highest BCUT2D eigenvalue weighted by Gasteiger charge is 2.26. The molecule has 0 unspecified atom stereocenters. The highest BCUT2D eigenvalue weighted by Crippen LogP contribution is 2.33. The van der Waals surface area contributed by atoms with Gasteiger partial charge in [-0.05, 0) is 53.9 Å². The number of nitrogens with zero attached hydrogens (tertiary/aromatic N) is 3. The highest BCUT2D eigenvalue weighted by atomic mass is 16.5. The number of rotatable bonds is 6. The molecule has 0 saturated carbocycles. The van der Waals surface area contributed by atoms with E-state index in [2.05, 4.69) is 21.9 Å². The van der Waals surface area contributed by atoms with Crippen molar-refractivity contribution in [3.63, 3.8) is 0 Å². The normalized spacial score (nSPS) is 16.6. The minimum Gasteiger partial charge on any atom is -0.497 e. The molecule has 1 saturated heterocycles. The summed E-state index contributed by atoms with van der Waals surface area (Å²) in [7, 11) is 4.97. The molecule has 0 aliphatic carbocycles. The van der Waals surface area contributed by atoms with Crippen LogP contribution in [0.4, 0.5) is 5.69 Å². The molecule has 31 heavy (non-hydrogen) atoms. The second-order valence-electron chi connectivity index (χ2n) is 8.00. The molecule has 4 rings (SSSR count). The minimum atomic E-state index is 0.193. The number of fused-ring (bicyclic) bond motifs is 1. The maximum atomic E-state index is 13.0. The number of methoxy groups -OCH3 is 3. The van der Waals surface area contributed by atoms with Gasteiger partial charge in [0.1, 0.15) is 5.75 Å². The molecular formula is C24H31N3O4. The van der Waals surface area contributed by atoms with E-state index in [0.29, 0.717) is 18.8 Å². The van der Waals surface area contributed by atoms with Crippen molar-refractivity contribution < 1.29 is 19.0 Å². The van der Waals surface area contributed by atoms with Crippen LogP contribution in [-0.4, -0.2) is 76.3 Å². The quantitative estimate of drug-likeness (QED) is 0.709. The first-order valence-corrected chi connectivity index (χ1v) is 10.7. The van der Waals surface area contributed by atoms with Crippen LogP contribution < -0.4 is 19.1 Å². The topological polar surface area (TPSA) is 54.5 Å². The molecular weight excluding hydrogens is 394 g/mol. The van der Waals surface area contributed by atoms with Gasteiger partial charge in [-0.3, -0.25) is 9.69 Å². The van der Waals surface area contributed by atoms with Gasteiger partial charge in [-0.25, -0.2) is 0 Å². The van der Waals surface area contributed by atoms with Gasteiger partial charge < -0.3 is 24.0 Å². The van der Waals surface area contributed by atoms with Crippen LogP contribution in [0.1, 0.15) is 11.1 Å². The zero-order chi connectivity index (χ0) is 21.8. The summed E-state index contributed by atoms with van der Waals surface area (Å²) in [5.74, 6) is 2.52. The van der Waals surface area contributed by atoms with E-state index in [1.54, 1.807) is 21.3 Å². The summed E-state index contributed by atoms with van der Waals surface area (Å²) in [6, 6.07) is 12.2. The fourth-order valence-corrected chi connectivity index (χ4v) is 4.34. The summed E-state index contributed by atoms with van der Waals surface area (Å²) in [5.41, 5.74) is 3.57. The Kier molecular flexibility index (Phi) is 6.51. The van der Waals surface area contributed by atoms with Crippen LogP contribution in [0, 0.1) is 0 Å². The molecule has 0 spiro atoms. The van der Waals surface area contributed by atoms with Gasteiger partial charge in [0.25, 0.3) is 0 Å². The maximum absolute atomic E-state index is 13.0. The molecule has 2 heterocycles. The van der Waals surface area contributed by atoms with Crippen LogP contribution in [0.25, 0.3) is 0 Å². The van der Waals surface area contributed by atoms with Crippen molar-refractivity contribution in [2.75, 3.05) is 65.5 Å². The van der Waals surface area contributed by atoms with Crippen LogP contribution in [-0.2, 0) is 17.8 Å². The molecule has 7 nitrogen and oxygen atoms in total. The molecule has 1 fully saturated rings. The summed E-state index contributed by atoms with van der Waals surface area (Å²) in [4.78, 5) is 19.6. The van der Waals surface area contributed by atoms with Crippen molar-refractivity contribution >= 4 is 11.6 Å². The number of hydrogen-bond acceptors (Lipinski definition) is 6. The molecule has 166 valence electrons. The second kappa shape index (κ2) is 9.47. The summed E-state index contributed by atoms with van der Waals surface area (Å²) < 4.78 is 16.1. The van der Waals surface area contributed by atoms with Gasteiger partial charge in [-0.1, -0.05) is 0 Å². The van der Waals surface area contributed by atoms with Crippen LogP contribution in [0.3, 0.4) is 0 Å². The Labute approximate surface area is 184 Å². The Morgan fingerprint density at radius 3 is 2.10 bits per heavy atom. The Morgan fingerprint density at radius 2 is 1.48 bits per heavy atom. The zero-order valence-electron chi connectivity index (χ0n) is 18.6. The average Bonchev–Trinajstić information content (AvgIpc) is 2.83. The number of anilines is 1. The first-order chi connectivity index (χ1) is 15.1. The van der Waals surface area contributed by atoms with E-state index in [9.17, 15) is 4.79 Å². The van der Waals surface area contributed by atoms with Crippen molar-refractivity contribution in [1.82, 2.24) is 9.80 Å². The second-order valence-corrected chi connectivity index (χ2v) is 8.00. The van der Waals surface area contributed by atoms with Crippen molar-refractivity contribution in [3.8, 4) is 17.2 Å². The molecule has 0 aromatic heterocycles. The molecule has 0 radical (unpaired) electrons. The van der Waals surface area contributed by atoms with Crippen molar-refractivity contribution in [2.24, 2.45) is 0 Å². The third-order valence-corrected chi connectivity index (χ3v) is 6.24. The fraction of sp³-hybridized carbons (Fsp3) is 0.458. The van der Waals surface area contributed by atoms with E-state index in [1.165, 1.54) is 11.3 Å². The Balaban J connectivity index is 1.31. The van der Waals surface area contributed by atoms with Gasteiger partial charge >= 0.3 is 0 Å². The predicted molar refractivity (Wildman–Crippen MR) is 120 cm³/mol. The lowest BCUT2D eigenvalue weighted by molar-refractivity contribution is -0.133. The zero-order valence-corrected chi connectivity index (χ0v) is 18.6. The third kappa shape index (κ3) is 4.71. The monoisotopic (exact) mass is 425 g/mol. The molecule has 0 atom stereocenters. The van der Waals surface area contributed by atoms with E-state index in [-0.39, 0.29) is 5.91 Å². The van der Waals surface area contributed by atoms with Gasteiger partial charge in [-0.15, -0.1) is 0 Å². The van der Waals surface area contributed by atoms with Crippen LogP contribution in [0.2, 0.25) is 0 Å². The summed E-state index contributed by atoms with van der Waals surface area (Å²) in [6.45, 7) is 5.44. The summed E-state index contributed by atoms with van der Waals surface area (Å²) in [5, 5.41) is 0. The summed E-state index contributed by atoms with van der Waals surface area (Å²) >= 11 is 0. The summed E-state index contributed by atoms with van der Waals surface area (Å²) in [6.07, 6.45) is 0.840. The van der Waals surface area contributed by atoms with Crippen molar-refractivity contribution in [2.45, 2.75) is 13.0 Å². The highest BCUT2D eigenvalue weighted by molar-refractivity contribution is 5.78. The van der Waals surface area contributed by atoms with E-state index in [4.69, 9.17) is 14.2 Å². The predicted octanol–water partition coefficient (Wildman–Crippen LogP) is 2.42.